The maximum Gasteiger partial charge on any atom is 0.187 e. The molecule has 2 nitrogen and oxygen atoms in total. The van der Waals surface area contributed by atoms with Gasteiger partial charge in [0.05, 0.1) is 11.2 Å². The van der Waals surface area contributed by atoms with Gasteiger partial charge in [-0.25, -0.2) is 0 Å². The predicted octanol–water partition coefficient (Wildman–Crippen LogP) is 6.03. The number of nitrogens with zero attached hydrogens (tertiary/aromatic N) is 1. The summed E-state index contributed by atoms with van der Waals surface area (Å²) in [5, 5.41) is 1.20. The third-order valence-corrected chi connectivity index (χ3v) is 4.84. The Kier molecular flexibility index (Phi) is 4.47. The standard InChI is InChI=1S/C25H21NO/c1-18-12-14-20(15-13-18)24(16-25(27)21-8-4-3-5-9-21)26-17-19(2)22-10-6-7-11-23(22)26/h3-17H,1-2H3/b24-16+. The van der Waals surface area contributed by atoms with E-state index in [0.29, 0.717) is 5.56 Å². The number of carbonyl (C=O) groups is 1. The molecule has 0 saturated heterocycles. The molecule has 4 rings (SSSR count). The molecule has 0 fully saturated rings. The van der Waals surface area contributed by atoms with E-state index in [9.17, 15) is 4.79 Å². The Balaban J connectivity index is 1.92. The molecule has 27 heavy (non-hydrogen) atoms. The number of fused-ring (bicyclic) bond motifs is 1. The van der Waals surface area contributed by atoms with Gasteiger partial charge in [-0.05, 0) is 31.0 Å². The molecule has 0 unspecified atom stereocenters. The summed E-state index contributed by atoms with van der Waals surface area (Å²) < 4.78 is 2.12. The van der Waals surface area contributed by atoms with Crippen LogP contribution >= 0.6 is 0 Å². The van der Waals surface area contributed by atoms with E-state index in [1.165, 1.54) is 16.5 Å². The zero-order valence-corrected chi connectivity index (χ0v) is 15.5. The molecule has 0 N–H and O–H groups in total. The van der Waals surface area contributed by atoms with Crippen LogP contribution in [0.5, 0.6) is 0 Å². The van der Waals surface area contributed by atoms with Crippen LogP contribution in [0.15, 0.2) is 91.1 Å². The highest BCUT2D eigenvalue weighted by atomic mass is 16.1. The van der Waals surface area contributed by atoms with Crippen molar-refractivity contribution in [3.63, 3.8) is 0 Å². The minimum atomic E-state index is 0.00149. The molecule has 0 spiro atoms. The Morgan fingerprint density at radius 3 is 2.19 bits per heavy atom. The van der Waals surface area contributed by atoms with Gasteiger partial charge in [-0.1, -0.05) is 78.4 Å². The largest absolute Gasteiger partial charge is 0.316 e. The molecule has 0 atom stereocenters. The van der Waals surface area contributed by atoms with Crippen molar-refractivity contribution in [2.45, 2.75) is 13.8 Å². The second kappa shape index (κ2) is 7.08. The fourth-order valence-corrected chi connectivity index (χ4v) is 3.38. The van der Waals surface area contributed by atoms with Crippen LogP contribution in [0.25, 0.3) is 16.6 Å². The number of ketones is 1. The molecule has 0 bridgehead atoms. The van der Waals surface area contributed by atoms with Crippen LogP contribution < -0.4 is 0 Å². The maximum atomic E-state index is 12.9. The molecule has 1 heterocycles. The fourth-order valence-electron chi connectivity index (χ4n) is 3.38. The fraction of sp³-hybridized carbons (Fsp3) is 0.0800. The van der Waals surface area contributed by atoms with Crippen LogP contribution in [0.2, 0.25) is 0 Å². The minimum Gasteiger partial charge on any atom is -0.316 e. The minimum absolute atomic E-state index is 0.00149. The van der Waals surface area contributed by atoms with Crippen LogP contribution in [0.3, 0.4) is 0 Å². The van der Waals surface area contributed by atoms with Crippen molar-refractivity contribution in [3.05, 3.63) is 113 Å². The third-order valence-electron chi connectivity index (χ3n) is 4.84. The first kappa shape index (κ1) is 17.0. The first-order valence-electron chi connectivity index (χ1n) is 9.08. The van der Waals surface area contributed by atoms with Gasteiger partial charge in [-0.3, -0.25) is 4.79 Å². The Labute approximate surface area is 159 Å². The SMILES string of the molecule is Cc1ccc(/C(=C\C(=O)c2ccccc2)n2cc(C)c3ccccc32)cc1. The second-order valence-electron chi connectivity index (χ2n) is 6.83. The third kappa shape index (κ3) is 3.34. The summed E-state index contributed by atoms with van der Waals surface area (Å²) in [6.07, 6.45) is 3.85. The number of allylic oxidation sites excluding steroid dienone is 1. The zero-order chi connectivity index (χ0) is 18.8. The van der Waals surface area contributed by atoms with E-state index in [-0.39, 0.29) is 5.78 Å². The molecule has 0 radical (unpaired) electrons. The van der Waals surface area contributed by atoms with Crippen LogP contribution in [0.1, 0.15) is 27.0 Å². The van der Waals surface area contributed by atoms with Gasteiger partial charge >= 0.3 is 0 Å². The molecule has 1 aromatic heterocycles. The number of para-hydroxylation sites is 1. The lowest BCUT2D eigenvalue weighted by Gasteiger charge is -2.12. The number of hydrogen-bond donors (Lipinski definition) is 0. The van der Waals surface area contributed by atoms with Crippen molar-refractivity contribution in [1.82, 2.24) is 4.57 Å². The summed E-state index contributed by atoms with van der Waals surface area (Å²) in [6, 6.07) is 26.0. The van der Waals surface area contributed by atoms with Crippen molar-refractivity contribution in [1.29, 1.82) is 0 Å². The van der Waals surface area contributed by atoms with Gasteiger partial charge in [0.25, 0.3) is 0 Å². The first-order chi connectivity index (χ1) is 13.1. The van der Waals surface area contributed by atoms with Crippen molar-refractivity contribution >= 4 is 22.4 Å². The summed E-state index contributed by atoms with van der Waals surface area (Å²) >= 11 is 0. The van der Waals surface area contributed by atoms with E-state index in [4.69, 9.17) is 0 Å². The van der Waals surface area contributed by atoms with E-state index in [1.54, 1.807) is 6.08 Å². The lowest BCUT2D eigenvalue weighted by Crippen LogP contribution is -2.03. The lowest BCUT2D eigenvalue weighted by molar-refractivity contribution is 0.104. The number of benzene rings is 3. The summed E-state index contributed by atoms with van der Waals surface area (Å²) in [5.74, 6) is 0.00149. The summed E-state index contributed by atoms with van der Waals surface area (Å²) in [7, 11) is 0. The monoisotopic (exact) mass is 351 g/mol. The summed E-state index contributed by atoms with van der Waals surface area (Å²) in [6.45, 7) is 4.17. The number of carbonyl (C=O) groups excluding carboxylic acids is 1. The predicted molar refractivity (Wildman–Crippen MR) is 112 cm³/mol. The lowest BCUT2D eigenvalue weighted by atomic mass is 10.1. The van der Waals surface area contributed by atoms with Gasteiger partial charge in [0.2, 0.25) is 0 Å². The van der Waals surface area contributed by atoms with E-state index in [0.717, 1.165) is 16.8 Å². The van der Waals surface area contributed by atoms with Crippen LogP contribution in [0.4, 0.5) is 0 Å². The highest BCUT2D eigenvalue weighted by molar-refractivity contribution is 6.09. The smallest absolute Gasteiger partial charge is 0.187 e. The molecule has 132 valence electrons. The van der Waals surface area contributed by atoms with Gasteiger partial charge in [0.15, 0.2) is 5.78 Å². The molecule has 0 aliphatic rings. The highest BCUT2D eigenvalue weighted by Gasteiger charge is 2.13. The van der Waals surface area contributed by atoms with Gasteiger partial charge < -0.3 is 4.57 Å². The van der Waals surface area contributed by atoms with Gasteiger partial charge in [0.1, 0.15) is 0 Å². The molecule has 2 heteroatoms. The quantitative estimate of drug-likeness (QED) is 0.325. The number of aromatic nitrogens is 1. The van der Waals surface area contributed by atoms with Crippen molar-refractivity contribution < 1.29 is 4.79 Å². The van der Waals surface area contributed by atoms with Crippen LogP contribution in [0, 0.1) is 13.8 Å². The van der Waals surface area contributed by atoms with Crippen molar-refractivity contribution in [2.75, 3.05) is 0 Å². The maximum absolute atomic E-state index is 12.9. The Morgan fingerprint density at radius 1 is 0.778 bits per heavy atom. The number of rotatable bonds is 4. The van der Waals surface area contributed by atoms with E-state index in [1.807, 2.05) is 42.5 Å². The van der Waals surface area contributed by atoms with E-state index >= 15 is 0 Å². The first-order valence-corrected chi connectivity index (χ1v) is 9.08. The average molecular weight is 351 g/mol. The highest BCUT2D eigenvalue weighted by Crippen LogP contribution is 2.28. The van der Waals surface area contributed by atoms with Crippen molar-refractivity contribution in [3.8, 4) is 0 Å². The Bertz CT molecular complexity index is 1130. The molecule has 4 aromatic rings. The number of aryl methyl sites for hydroxylation is 2. The zero-order valence-electron chi connectivity index (χ0n) is 15.5. The molecule has 3 aromatic carbocycles. The van der Waals surface area contributed by atoms with Crippen LogP contribution in [-0.2, 0) is 0 Å². The molecule has 0 aliphatic heterocycles. The van der Waals surface area contributed by atoms with Crippen molar-refractivity contribution in [2.24, 2.45) is 0 Å². The normalized spacial score (nSPS) is 11.7. The number of hydrogen-bond acceptors (Lipinski definition) is 1. The Morgan fingerprint density at radius 2 is 1.44 bits per heavy atom. The van der Waals surface area contributed by atoms with Crippen LogP contribution in [-0.4, -0.2) is 10.4 Å². The Hall–Kier alpha value is -3.39. The topological polar surface area (TPSA) is 22.0 Å². The molecular formula is C25H21NO. The molecule has 0 saturated carbocycles. The molecule has 0 amide bonds. The second-order valence-corrected chi connectivity index (χ2v) is 6.83. The van der Waals surface area contributed by atoms with E-state index in [2.05, 4.69) is 61.0 Å². The van der Waals surface area contributed by atoms with Gasteiger partial charge in [0, 0.05) is 23.2 Å². The molecule has 0 aliphatic carbocycles. The average Bonchev–Trinajstić information content (AvgIpc) is 3.04. The van der Waals surface area contributed by atoms with E-state index < -0.39 is 0 Å². The van der Waals surface area contributed by atoms with Gasteiger partial charge in [-0.15, -0.1) is 0 Å². The summed E-state index contributed by atoms with van der Waals surface area (Å²) in [5.41, 5.74) is 6.08. The molecular weight excluding hydrogens is 330 g/mol. The summed E-state index contributed by atoms with van der Waals surface area (Å²) in [4.78, 5) is 12.9. The van der Waals surface area contributed by atoms with Gasteiger partial charge in [-0.2, -0.15) is 0 Å².